The molecule has 2 saturated heterocycles. The van der Waals surface area contributed by atoms with Gasteiger partial charge in [-0.2, -0.15) is 0 Å². The van der Waals surface area contributed by atoms with Crippen LogP contribution < -0.4 is 10.6 Å². The SMILES string of the molecule is CC.CC.CNC1(C(C)=O)CCN(C(=O)C(CCC(=O)O)NC(=O)CN2CCN(CC(=O)O)CCN(CC(=O)O)CCN(CC(=O)O)CC2)CC1. The van der Waals surface area contributed by atoms with Crippen LogP contribution in [0.25, 0.3) is 0 Å². The molecule has 0 aliphatic carbocycles. The number of carbonyl (C=O) groups is 7. The van der Waals surface area contributed by atoms with Gasteiger partial charge in [-0.3, -0.25) is 53.2 Å². The number of piperidine rings is 1. The minimum absolute atomic E-state index is 0.0460. The molecule has 0 aromatic heterocycles. The third kappa shape index (κ3) is 18.4. The van der Waals surface area contributed by atoms with Crippen molar-refractivity contribution in [3.05, 3.63) is 0 Å². The second kappa shape index (κ2) is 25.3. The lowest BCUT2D eigenvalue weighted by atomic mass is 9.84. The summed E-state index contributed by atoms with van der Waals surface area (Å²) >= 11 is 0. The number of likely N-dealkylation sites (N-methyl/N-ethyl adjacent to an activating group) is 1. The van der Waals surface area contributed by atoms with E-state index in [4.69, 9.17) is 0 Å². The number of carboxylic acids is 4. The number of carboxylic acid groups (broad SMARTS) is 4. The molecule has 2 rings (SSSR count). The highest BCUT2D eigenvalue weighted by Crippen LogP contribution is 2.24. The summed E-state index contributed by atoms with van der Waals surface area (Å²) in [6.45, 7) is 10.6. The summed E-state index contributed by atoms with van der Waals surface area (Å²) in [6, 6.07) is -1.13. The maximum Gasteiger partial charge on any atom is 0.317 e. The van der Waals surface area contributed by atoms with Crippen LogP contribution in [-0.4, -0.2) is 197 Å². The van der Waals surface area contributed by atoms with Crippen LogP contribution in [0.1, 0.15) is 60.3 Å². The molecule has 0 saturated carbocycles. The fourth-order valence-electron chi connectivity index (χ4n) is 5.86. The summed E-state index contributed by atoms with van der Waals surface area (Å²) in [5, 5.41) is 43.2. The number of rotatable bonds is 15. The molecule has 2 heterocycles. The lowest BCUT2D eigenvalue weighted by Gasteiger charge is -2.41. The second-order valence-electron chi connectivity index (χ2n) is 12.1. The summed E-state index contributed by atoms with van der Waals surface area (Å²) in [7, 11) is 1.68. The minimum atomic E-state index is -1.14. The van der Waals surface area contributed by atoms with E-state index < -0.39 is 47.3 Å². The molecule has 6 N–H and O–H groups in total. The highest BCUT2D eigenvalue weighted by atomic mass is 16.4. The Morgan fingerprint density at radius 3 is 1.24 bits per heavy atom. The van der Waals surface area contributed by atoms with E-state index in [9.17, 15) is 54.0 Å². The average Bonchev–Trinajstić information content (AvgIpc) is 3.08. The lowest BCUT2D eigenvalue weighted by Crippen LogP contribution is -2.59. The van der Waals surface area contributed by atoms with Gasteiger partial charge in [-0.15, -0.1) is 0 Å². The molecule has 2 fully saturated rings. The highest BCUT2D eigenvalue weighted by molar-refractivity contribution is 5.90. The zero-order valence-electron chi connectivity index (χ0n) is 31.2. The molecule has 294 valence electrons. The van der Waals surface area contributed by atoms with Crippen LogP contribution >= 0.6 is 0 Å². The number of nitrogens with one attached hydrogen (secondary N) is 2. The summed E-state index contributed by atoms with van der Waals surface area (Å²) in [5.74, 6) is -5.41. The third-order valence-electron chi connectivity index (χ3n) is 8.73. The van der Waals surface area contributed by atoms with Gasteiger partial charge < -0.3 is 36.0 Å². The third-order valence-corrected chi connectivity index (χ3v) is 8.73. The first-order valence-corrected chi connectivity index (χ1v) is 17.7. The molecule has 18 nitrogen and oxygen atoms in total. The molecule has 18 heteroatoms. The van der Waals surface area contributed by atoms with Gasteiger partial charge in [0.15, 0.2) is 0 Å². The number of nitrogens with zero attached hydrogens (tertiary/aromatic N) is 5. The van der Waals surface area contributed by atoms with Crippen molar-refractivity contribution >= 4 is 41.5 Å². The van der Waals surface area contributed by atoms with Gasteiger partial charge in [-0.05, 0) is 33.2 Å². The van der Waals surface area contributed by atoms with Crippen molar-refractivity contribution in [2.24, 2.45) is 0 Å². The fourth-order valence-corrected chi connectivity index (χ4v) is 5.86. The van der Waals surface area contributed by atoms with Crippen molar-refractivity contribution in [1.29, 1.82) is 0 Å². The number of carbonyl (C=O) groups excluding carboxylic acids is 3. The van der Waals surface area contributed by atoms with E-state index in [2.05, 4.69) is 10.6 Å². The molecule has 0 spiro atoms. The predicted molar refractivity (Wildman–Crippen MR) is 188 cm³/mol. The van der Waals surface area contributed by atoms with Crippen LogP contribution in [-0.2, 0) is 33.6 Å². The molecule has 0 aromatic carbocycles. The Morgan fingerprint density at radius 1 is 0.588 bits per heavy atom. The average molecular weight is 732 g/mol. The molecule has 2 aliphatic rings. The molecule has 51 heavy (non-hydrogen) atoms. The van der Waals surface area contributed by atoms with Gasteiger partial charge in [-0.1, -0.05) is 27.7 Å². The Morgan fingerprint density at radius 2 is 0.941 bits per heavy atom. The summed E-state index contributed by atoms with van der Waals surface area (Å²) in [4.78, 5) is 92.9. The van der Waals surface area contributed by atoms with Gasteiger partial charge in [0, 0.05) is 71.9 Å². The highest BCUT2D eigenvalue weighted by Gasteiger charge is 2.40. The van der Waals surface area contributed by atoms with E-state index >= 15 is 0 Å². The summed E-state index contributed by atoms with van der Waals surface area (Å²) < 4.78 is 0. The molecular weight excluding hydrogens is 670 g/mol. The Hall–Kier alpha value is -3.71. The molecule has 0 aromatic rings. The van der Waals surface area contributed by atoms with Gasteiger partial charge in [0.25, 0.3) is 0 Å². The second-order valence-corrected chi connectivity index (χ2v) is 12.1. The van der Waals surface area contributed by atoms with E-state index in [1.54, 1.807) is 26.6 Å². The van der Waals surface area contributed by atoms with Crippen molar-refractivity contribution in [1.82, 2.24) is 35.1 Å². The van der Waals surface area contributed by atoms with Crippen molar-refractivity contribution < 1.29 is 54.0 Å². The van der Waals surface area contributed by atoms with Gasteiger partial charge in [0.05, 0.1) is 31.7 Å². The monoisotopic (exact) mass is 731 g/mol. The van der Waals surface area contributed by atoms with Crippen LogP contribution in [0.3, 0.4) is 0 Å². The molecule has 0 bridgehead atoms. The first-order valence-electron chi connectivity index (χ1n) is 17.7. The van der Waals surface area contributed by atoms with Gasteiger partial charge in [-0.25, -0.2) is 0 Å². The van der Waals surface area contributed by atoms with Gasteiger partial charge in [0.2, 0.25) is 11.8 Å². The zero-order valence-corrected chi connectivity index (χ0v) is 31.2. The van der Waals surface area contributed by atoms with Crippen molar-refractivity contribution in [3.63, 3.8) is 0 Å². The van der Waals surface area contributed by atoms with Crippen molar-refractivity contribution in [3.8, 4) is 0 Å². The summed E-state index contributed by atoms with van der Waals surface area (Å²) in [5.41, 5.74) is -0.755. The first-order chi connectivity index (χ1) is 24.1. The Bertz CT molecular complexity index is 1100. The fraction of sp³-hybridized carbons (Fsp3) is 0.788. The number of ketones is 1. The molecule has 1 unspecified atom stereocenters. The van der Waals surface area contributed by atoms with Gasteiger partial charge >= 0.3 is 23.9 Å². The van der Waals surface area contributed by atoms with Crippen LogP contribution in [0.4, 0.5) is 0 Å². The number of amides is 2. The predicted octanol–water partition coefficient (Wildman–Crippen LogP) is -0.967. The topological polar surface area (TPSA) is 241 Å². The summed E-state index contributed by atoms with van der Waals surface area (Å²) in [6.07, 6.45) is 0.221. The van der Waals surface area contributed by atoms with E-state index in [-0.39, 0.29) is 110 Å². The van der Waals surface area contributed by atoms with Crippen molar-refractivity contribution in [2.45, 2.75) is 71.9 Å². The zero-order chi connectivity index (χ0) is 39.1. The van der Waals surface area contributed by atoms with E-state index in [0.717, 1.165) is 0 Å². The van der Waals surface area contributed by atoms with E-state index in [1.807, 2.05) is 27.7 Å². The Kier molecular flexibility index (Phi) is 23.4. The molecule has 2 aliphatic heterocycles. The first kappa shape index (κ1) is 47.3. The van der Waals surface area contributed by atoms with E-state index in [0.29, 0.717) is 12.8 Å². The molecular formula is C33H61N7O11. The van der Waals surface area contributed by atoms with Gasteiger partial charge in [0.1, 0.15) is 11.8 Å². The largest absolute Gasteiger partial charge is 0.481 e. The lowest BCUT2D eigenvalue weighted by molar-refractivity contribution is -0.141. The maximum absolute atomic E-state index is 13.5. The number of hydrogen-bond donors (Lipinski definition) is 6. The standard InChI is InChI=1S/C29H49N7O11.2C2H6/c1-21(37)29(30-2)5-7-36(8-6-29)28(47)22(3-4-24(39)40)31-23(38)17-32-9-11-33(18-25(41)42)13-15-35(20-27(45)46)16-14-34(12-10-32)19-26(43)44;2*1-2/h22,30H,3-20H2,1-2H3,(H,31,38)(H,39,40)(H,41,42)(H,43,44)(H,45,46);2*1-2H3. The van der Waals surface area contributed by atoms with Crippen LogP contribution in [0.5, 0.6) is 0 Å². The molecule has 1 atom stereocenters. The Balaban J connectivity index is 0.00000602. The van der Waals surface area contributed by atoms with E-state index in [1.165, 1.54) is 11.8 Å². The Labute approximate surface area is 301 Å². The van der Waals surface area contributed by atoms with Crippen LogP contribution in [0.2, 0.25) is 0 Å². The smallest absolute Gasteiger partial charge is 0.317 e. The maximum atomic E-state index is 13.5. The number of likely N-dealkylation sites (tertiary alicyclic amines) is 1. The number of hydrogen-bond acceptors (Lipinski definition) is 12. The molecule has 2 amide bonds. The van der Waals surface area contributed by atoms with Crippen LogP contribution in [0, 0.1) is 0 Å². The van der Waals surface area contributed by atoms with Crippen molar-refractivity contribution in [2.75, 3.05) is 98.7 Å². The number of aliphatic carboxylic acids is 4. The van der Waals surface area contributed by atoms with Crippen LogP contribution in [0.15, 0.2) is 0 Å². The quantitative estimate of drug-likeness (QED) is 0.119. The number of Topliss-reactive ketones (excluding diaryl/α,β-unsaturated/α-hetero) is 1. The normalized spacial score (nSPS) is 18.6. The molecule has 0 radical (unpaired) electrons. The minimum Gasteiger partial charge on any atom is -0.481 e.